The fraction of sp³-hybridized carbons (Fsp3) is 0.263. The van der Waals surface area contributed by atoms with Crippen LogP contribution in [0.4, 0.5) is 5.69 Å². The maximum atomic E-state index is 11.1. The van der Waals surface area contributed by atoms with Crippen molar-refractivity contribution in [1.82, 2.24) is 10.6 Å². The number of carbonyl (C=O) groups excluding carboxylic acids is 1. The molecule has 0 aromatic heterocycles. The third-order valence-electron chi connectivity index (χ3n) is 3.55. The fourth-order valence-corrected chi connectivity index (χ4v) is 2.20. The lowest BCUT2D eigenvalue weighted by Crippen LogP contribution is -2.40. The summed E-state index contributed by atoms with van der Waals surface area (Å²) in [5, 5.41) is 9.20. The number of hydrogen-bond donors (Lipinski definition) is 4. The molecule has 132 valence electrons. The summed E-state index contributed by atoms with van der Waals surface area (Å²) >= 11 is 0. The topological polar surface area (TPSA) is 91.5 Å². The van der Waals surface area contributed by atoms with E-state index >= 15 is 0 Å². The number of amides is 1. The molecule has 1 heterocycles. The molecule has 0 spiro atoms. The van der Waals surface area contributed by atoms with Gasteiger partial charge in [0.25, 0.3) is 0 Å². The van der Waals surface area contributed by atoms with E-state index in [-0.39, 0.29) is 12.2 Å². The number of hydrogen-bond acceptors (Lipinski definition) is 5. The molecular weight excluding hydrogens is 314 g/mol. The number of nitrogens with one attached hydrogen (secondary N) is 3. The summed E-state index contributed by atoms with van der Waals surface area (Å²) in [5.74, 6) is -0.0836. The standard InChI is InChI=1S/C19H25N5O/c1-3-16(20)6-4-5-12-21-19-22-13-11-18(24-19)15-7-9-17(10-8-15)23-14(2)25/h4-11,13,19,21-22H,3,12,20H2,1-2H3,(H,23,25)/b5-4-,16-6+. The minimum Gasteiger partial charge on any atom is -0.402 e. The van der Waals surface area contributed by atoms with Crippen LogP contribution in [0.15, 0.2) is 65.5 Å². The normalized spacial score (nSPS) is 17.3. The molecule has 1 aromatic carbocycles. The highest BCUT2D eigenvalue weighted by molar-refractivity contribution is 6.09. The van der Waals surface area contributed by atoms with Gasteiger partial charge in [-0.3, -0.25) is 10.1 Å². The molecule has 1 aromatic rings. The lowest BCUT2D eigenvalue weighted by Gasteiger charge is -2.19. The first-order chi connectivity index (χ1) is 12.1. The molecule has 5 N–H and O–H groups in total. The monoisotopic (exact) mass is 339 g/mol. The van der Waals surface area contributed by atoms with Crippen molar-refractivity contribution in [3.05, 3.63) is 66.0 Å². The summed E-state index contributed by atoms with van der Waals surface area (Å²) in [6.07, 6.45) is 10.3. The van der Waals surface area contributed by atoms with Crippen molar-refractivity contribution in [2.45, 2.75) is 26.6 Å². The Bertz CT molecular complexity index is 701. The Labute approximate surface area is 148 Å². The smallest absolute Gasteiger partial charge is 0.221 e. The molecule has 1 atom stereocenters. The van der Waals surface area contributed by atoms with E-state index in [4.69, 9.17) is 5.73 Å². The van der Waals surface area contributed by atoms with Crippen molar-refractivity contribution < 1.29 is 4.79 Å². The maximum absolute atomic E-state index is 11.1. The minimum absolute atomic E-state index is 0.0836. The third kappa shape index (κ3) is 6.27. The average molecular weight is 339 g/mol. The number of allylic oxidation sites excluding steroid dienone is 4. The molecule has 1 unspecified atom stereocenters. The summed E-state index contributed by atoms with van der Waals surface area (Å²) in [5.41, 5.74) is 9.24. The van der Waals surface area contributed by atoms with Crippen LogP contribution >= 0.6 is 0 Å². The molecule has 6 heteroatoms. The zero-order valence-corrected chi connectivity index (χ0v) is 14.6. The second kappa shape index (κ2) is 9.44. The fourth-order valence-electron chi connectivity index (χ4n) is 2.20. The first-order valence-corrected chi connectivity index (χ1v) is 8.31. The summed E-state index contributed by atoms with van der Waals surface area (Å²) in [4.78, 5) is 15.7. The van der Waals surface area contributed by atoms with Gasteiger partial charge in [0.15, 0.2) is 6.29 Å². The first kappa shape index (κ1) is 18.5. The molecule has 1 aliphatic rings. The molecule has 0 saturated carbocycles. The van der Waals surface area contributed by atoms with Crippen LogP contribution in [0.2, 0.25) is 0 Å². The van der Waals surface area contributed by atoms with Crippen LogP contribution in [0.1, 0.15) is 25.8 Å². The van der Waals surface area contributed by atoms with Gasteiger partial charge in [-0.2, -0.15) is 0 Å². The van der Waals surface area contributed by atoms with Crippen LogP contribution in [-0.4, -0.2) is 24.5 Å². The molecule has 0 fully saturated rings. The molecule has 1 amide bonds. The Morgan fingerprint density at radius 1 is 1.36 bits per heavy atom. The van der Waals surface area contributed by atoms with Gasteiger partial charge in [-0.15, -0.1) is 0 Å². The molecule has 0 bridgehead atoms. The zero-order valence-electron chi connectivity index (χ0n) is 14.6. The third-order valence-corrected chi connectivity index (χ3v) is 3.55. The molecule has 6 nitrogen and oxygen atoms in total. The summed E-state index contributed by atoms with van der Waals surface area (Å²) in [6.45, 7) is 4.19. The SMILES string of the molecule is CC/C(N)=C\C=C/CNC1N=C(c2ccc(NC(C)=O)cc2)C=CN1. The Morgan fingerprint density at radius 2 is 2.12 bits per heavy atom. The second-order valence-electron chi connectivity index (χ2n) is 5.61. The van der Waals surface area contributed by atoms with Crippen molar-refractivity contribution in [1.29, 1.82) is 0 Å². The Hall–Kier alpha value is -2.86. The largest absolute Gasteiger partial charge is 0.402 e. The van der Waals surface area contributed by atoms with Gasteiger partial charge >= 0.3 is 0 Å². The highest BCUT2D eigenvalue weighted by Crippen LogP contribution is 2.12. The summed E-state index contributed by atoms with van der Waals surface area (Å²) < 4.78 is 0. The van der Waals surface area contributed by atoms with E-state index < -0.39 is 0 Å². The van der Waals surface area contributed by atoms with Crippen molar-refractivity contribution in [3.8, 4) is 0 Å². The quantitative estimate of drug-likeness (QED) is 0.573. The van der Waals surface area contributed by atoms with E-state index in [1.165, 1.54) is 6.92 Å². The summed E-state index contributed by atoms with van der Waals surface area (Å²) in [7, 11) is 0. The number of nitrogens with two attached hydrogens (primary N) is 1. The predicted molar refractivity (Wildman–Crippen MR) is 103 cm³/mol. The summed E-state index contributed by atoms with van der Waals surface area (Å²) in [6, 6.07) is 7.61. The molecule has 0 aliphatic carbocycles. The molecule has 0 radical (unpaired) electrons. The van der Waals surface area contributed by atoms with Gasteiger partial charge in [-0.25, -0.2) is 4.99 Å². The van der Waals surface area contributed by atoms with Gasteiger partial charge in [0, 0.05) is 36.6 Å². The number of rotatable bonds is 7. The number of nitrogens with zero attached hydrogens (tertiary/aromatic N) is 1. The van der Waals surface area contributed by atoms with Crippen LogP contribution in [0.3, 0.4) is 0 Å². The van der Waals surface area contributed by atoms with Gasteiger partial charge in [0.05, 0.1) is 5.71 Å². The molecule has 0 saturated heterocycles. The van der Waals surface area contributed by atoms with E-state index in [1.807, 2.05) is 61.7 Å². The zero-order chi connectivity index (χ0) is 18.1. The predicted octanol–water partition coefficient (Wildman–Crippen LogP) is 2.23. The lowest BCUT2D eigenvalue weighted by molar-refractivity contribution is -0.114. The van der Waals surface area contributed by atoms with Crippen molar-refractivity contribution >= 4 is 17.3 Å². The number of anilines is 1. The van der Waals surface area contributed by atoms with Crippen molar-refractivity contribution in [2.75, 3.05) is 11.9 Å². The minimum atomic E-state index is -0.188. The number of carbonyl (C=O) groups is 1. The maximum Gasteiger partial charge on any atom is 0.221 e. The van der Waals surface area contributed by atoms with Crippen molar-refractivity contribution in [3.63, 3.8) is 0 Å². The molecule has 1 aliphatic heterocycles. The Balaban J connectivity index is 1.93. The van der Waals surface area contributed by atoms with Crippen LogP contribution in [0, 0.1) is 0 Å². The highest BCUT2D eigenvalue weighted by Gasteiger charge is 2.10. The van der Waals surface area contributed by atoms with E-state index in [0.717, 1.165) is 29.1 Å². The molecule has 25 heavy (non-hydrogen) atoms. The van der Waals surface area contributed by atoms with E-state index in [0.29, 0.717) is 6.54 Å². The highest BCUT2D eigenvalue weighted by atomic mass is 16.1. The lowest BCUT2D eigenvalue weighted by atomic mass is 10.1. The Morgan fingerprint density at radius 3 is 2.80 bits per heavy atom. The van der Waals surface area contributed by atoms with Crippen LogP contribution in [-0.2, 0) is 4.79 Å². The van der Waals surface area contributed by atoms with Crippen LogP contribution < -0.4 is 21.7 Å². The Kier molecular flexibility index (Phi) is 6.98. The number of benzene rings is 1. The van der Waals surface area contributed by atoms with Crippen LogP contribution in [0.5, 0.6) is 0 Å². The van der Waals surface area contributed by atoms with E-state index in [9.17, 15) is 4.79 Å². The van der Waals surface area contributed by atoms with Crippen molar-refractivity contribution in [2.24, 2.45) is 10.7 Å². The molecular formula is C19H25N5O. The van der Waals surface area contributed by atoms with Gasteiger partial charge in [-0.05, 0) is 30.7 Å². The molecule has 2 rings (SSSR count). The van der Waals surface area contributed by atoms with Gasteiger partial charge in [0.1, 0.15) is 0 Å². The van der Waals surface area contributed by atoms with Gasteiger partial charge in [-0.1, -0.05) is 31.2 Å². The number of aliphatic imine (C=N–C) groups is 1. The van der Waals surface area contributed by atoms with E-state index in [1.54, 1.807) is 0 Å². The first-order valence-electron chi connectivity index (χ1n) is 8.31. The van der Waals surface area contributed by atoms with Crippen LogP contribution in [0.25, 0.3) is 0 Å². The van der Waals surface area contributed by atoms with Gasteiger partial charge < -0.3 is 16.4 Å². The van der Waals surface area contributed by atoms with Gasteiger partial charge in [0.2, 0.25) is 5.91 Å². The average Bonchev–Trinajstić information content (AvgIpc) is 2.61. The second-order valence-corrected chi connectivity index (χ2v) is 5.61. The van der Waals surface area contributed by atoms with E-state index in [2.05, 4.69) is 20.9 Å².